The lowest BCUT2D eigenvalue weighted by atomic mass is 10.1. The molecule has 3 aromatic rings. The SMILES string of the molecule is C[C@H]([NH2+]CC(=O)N(C)[C@H](C)c1nc2ccccc2s1)c1ccccc1. The lowest BCUT2D eigenvalue weighted by Gasteiger charge is -2.23. The van der Waals surface area contributed by atoms with Gasteiger partial charge < -0.3 is 10.2 Å². The Balaban J connectivity index is 1.61. The van der Waals surface area contributed by atoms with Crippen LogP contribution in [-0.2, 0) is 4.79 Å². The lowest BCUT2D eigenvalue weighted by Crippen LogP contribution is -2.87. The average molecular weight is 354 g/mol. The highest BCUT2D eigenvalue weighted by Crippen LogP contribution is 2.28. The van der Waals surface area contributed by atoms with Gasteiger partial charge in [-0.1, -0.05) is 42.5 Å². The minimum absolute atomic E-state index is 0.0228. The predicted octanol–water partition coefficient (Wildman–Crippen LogP) is 3.14. The van der Waals surface area contributed by atoms with Crippen molar-refractivity contribution in [2.24, 2.45) is 0 Å². The van der Waals surface area contributed by atoms with E-state index in [0.29, 0.717) is 6.54 Å². The van der Waals surface area contributed by atoms with Gasteiger partial charge in [-0.15, -0.1) is 11.3 Å². The van der Waals surface area contributed by atoms with Crippen molar-refractivity contribution in [3.63, 3.8) is 0 Å². The molecule has 5 heteroatoms. The van der Waals surface area contributed by atoms with Gasteiger partial charge in [0.2, 0.25) is 0 Å². The molecule has 0 unspecified atom stereocenters. The first-order valence-corrected chi connectivity index (χ1v) is 9.37. The largest absolute Gasteiger partial charge is 0.333 e. The van der Waals surface area contributed by atoms with Crippen molar-refractivity contribution in [1.29, 1.82) is 0 Å². The summed E-state index contributed by atoms with van der Waals surface area (Å²) >= 11 is 1.66. The smallest absolute Gasteiger partial charge is 0.278 e. The summed E-state index contributed by atoms with van der Waals surface area (Å²) in [5, 5.41) is 3.06. The monoisotopic (exact) mass is 354 g/mol. The third kappa shape index (κ3) is 4.06. The second-order valence-electron chi connectivity index (χ2n) is 6.34. The average Bonchev–Trinajstić information content (AvgIpc) is 3.09. The van der Waals surface area contributed by atoms with Gasteiger partial charge in [-0.2, -0.15) is 0 Å². The van der Waals surface area contributed by atoms with Crippen LogP contribution in [0.1, 0.15) is 36.5 Å². The Hall–Kier alpha value is -2.24. The standard InChI is InChI=1S/C20H23N3OS/c1-14(16-9-5-4-6-10-16)21-13-19(24)23(3)15(2)20-22-17-11-7-8-12-18(17)25-20/h4-12,14-15,21H,13H2,1-3H3/p+1/t14-,15+/m0/s1. The number of nitrogens with two attached hydrogens (primary N) is 1. The number of hydrogen-bond donors (Lipinski definition) is 1. The van der Waals surface area contributed by atoms with Crippen LogP contribution in [0.4, 0.5) is 0 Å². The second kappa shape index (κ2) is 7.76. The van der Waals surface area contributed by atoms with E-state index in [-0.39, 0.29) is 18.0 Å². The zero-order valence-corrected chi connectivity index (χ0v) is 15.7. The quantitative estimate of drug-likeness (QED) is 0.739. The Morgan fingerprint density at radius 2 is 1.80 bits per heavy atom. The van der Waals surface area contributed by atoms with Gasteiger partial charge >= 0.3 is 0 Å². The van der Waals surface area contributed by atoms with E-state index in [0.717, 1.165) is 15.2 Å². The Morgan fingerprint density at radius 1 is 1.12 bits per heavy atom. The van der Waals surface area contributed by atoms with Crippen LogP contribution in [0.25, 0.3) is 10.2 Å². The summed E-state index contributed by atoms with van der Waals surface area (Å²) in [5.74, 6) is 0.120. The number of hydrogen-bond acceptors (Lipinski definition) is 3. The maximum Gasteiger partial charge on any atom is 0.278 e. The molecule has 2 N–H and O–H groups in total. The fraction of sp³-hybridized carbons (Fsp3) is 0.300. The molecule has 2 atom stereocenters. The molecule has 0 spiro atoms. The summed E-state index contributed by atoms with van der Waals surface area (Å²) in [6.07, 6.45) is 0. The van der Waals surface area contributed by atoms with Crippen molar-refractivity contribution >= 4 is 27.5 Å². The van der Waals surface area contributed by atoms with Gasteiger partial charge in [0.15, 0.2) is 6.54 Å². The van der Waals surface area contributed by atoms with Gasteiger partial charge in [-0.25, -0.2) is 4.98 Å². The zero-order valence-electron chi connectivity index (χ0n) is 14.8. The minimum atomic E-state index is -0.0228. The number of likely N-dealkylation sites (N-methyl/N-ethyl adjacent to an activating group) is 1. The molecule has 0 radical (unpaired) electrons. The first-order valence-electron chi connectivity index (χ1n) is 8.55. The van der Waals surface area contributed by atoms with Crippen molar-refractivity contribution in [3.8, 4) is 0 Å². The Bertz CT molecular complexity index is 813. The normalized spacial score (nSPS) is 13.6. The fourth-order valence-electron chi connectivity index (χ4n) is 2.76. The number of quaternary nitrogens is 1. The Kier molecular flexibility index (Phi) is 5.46. The van der Waals surface area contributed by atoms with Gasteiger partial charge in [0.1, 0.15) is 11.0 Å². The van der Waals surface area contributed by atoms with Crippen molar-refractivity contribution in [3.05, 3.63) is 65.2 Å². The summed E-state index contributed by atoms with van der Waals surface area (Å²) in [6.45, 7) is 4.59. The summed E-state index contributed by atoms with van der Waals surface area (Å²) in [7, 11) is 1.86. The number of aromatic nitrogens is 1. The number of benzene rings is 2. The number of carbonyl (C=O) groups is 1. The molecule has 1 amide bonds. The van der Waals surface area contributed by atoms with E-state index in [2.05, 4.69) is 35.4 Å². The minimum Gasteiger partial charge on any atom is -0.333 e. The number of para-hydroxylation sites is 1. The van der Waals surface area contributed by atoms with E-state index in [1.807, 2.05) is 50.4 Å². The number of fused-ring (bicyclic) bond motifs is 1. The summed E-state index contributed by atoms with van der Waals surface area (Å²) in [6, 6.07) is 18.6. The summed E-state index contributed by atoms with van der Waals surface area (Å²) in [4.78, 5) is 19.1. The highest BCUT2D eigenvalue weighted by molar-refractivity contribution is 7.18. The number of rotatable bonds is 6. The van der Waals surface area contributed by atoms with Crippen LogP contribution in [0, 0.1) is 0 Å². The lowest BCUT2D eigenvalue weighted by molar-refractivity contribution is -0.683. The van der Waals surface area contributed by atoms with Crippen molar-refractivity contribution in [2.75, 3.05) is 13.6 Å². The number of carbonyl (C=O) groups excluding carboxylic acids is 1. The van der Waals surface area contributed by atoms with E-state index in [1.165, 1.54) is 5.56 Å². The first-order chi connectivity index (χ1) is 12.1. The van der Waals surface area contributed by atoms with Crippen LogP contribution >= 0.6 is 11.3 Å². The number of thiazole rings is 1. The van der Waals surface area contributed by atoms with Crippen molar-refractivity contribution in [1.82, 2.24) is 9.88 Å². The maximum atomic E-state index is 12.6. The van der Waals surface area contributed by atoms with Crippen LogP contribution in [0.3, 0.4) is 0 Å². The van der Waals surface area contributed by atoms with Crippen molar-refractivity contribution < 1.29 is 10.1 Å². The molecule has 25 heavy (non-hydrogen) atoms. The third-order valence-corrected chi connectivity index (χ3v) is 5.82. The molecule has 0 saturated carbocycles. The topological polar surface area (TPSA) is 49.8 Å². The number of amides is 1. The van der Waals surface area contributed by atoms with E-state index in [4.69, 9.17) is 0 Å². The molecule has 2 aromatic carbocycles. The predicted molar refractivity (Wildman–Crippen MR) is 102 cm³/mol. The third-order valence-electron chi connectivity index (χ3n) is 4.61. The molecular weight excluding hydrogens is 330 g/mol. The van der Waals surface area contributed by atoms with E-state index < -0.39 is 0 Å². The molecule has 0 aliphatic carbocycles. The van der Waals surface area contributed by atoms with Crippen LogP contribution in [0.15, 0.2) is 54.6 Å². The molecule has 0 aliphatic heterocycles. The first kappa shape index (κ1) is 17.6. The molecule has 1 aromatic heterocycles. The van der Waals surface area contributed by atoms with Gasteiger partial charge in [-0.05, 0) is 26.0 Å². The van der Waals surface area contributed by atoms with E-state index in [1.54, 1.807) is 16.2 Å². The number of nitrogens with zero attached hydrogens (tertiary/aromatic N) is 2. The Labute approximate surface area is 152 Å². The highest BCUT2D eigenvalue weighted by Gasteiger charge is 2.22. The molecule has 0 saturated heterocycles. The highest BCUT2D eigenvalue weighted by atomic mass is 32.1. The fourth-order valence-corrected chi connectivity index (χ4v) is 3.83. The molecular formula is C20H24N3OS+. The van der Waals surface area contributed by atoms with Gasteiger partial charge in [-0.3, -0.25) is 4.79 Å². The molecule has 4 nitrogen and oxygen atoms in total. The van der Waals surface area contributed by atoms with E-state index >= 15 is 0 Å². The summed E-state index contributed by atoms with van der Waals surface area (Å²) in [5.41, 5.74) is 2.23. The van der Waals surface area contributed by atoms with Crippen LogP contribution < -0.4 is 5.32 Å². The molecule has 130 valence electrons. The van der Waals surface area contributed by atoms with Gasteiger partial charge in [0, 0.05) is 12.6 Å². The molecule has 0 aliphatic rings. The molecule has 1 heterocycles. The van der Waals surface area contributed by atoms with Crippen LogP contribution in [-0.4, -0.2) is 29.4 Å². The zero-order chi connectivity index (χ0) is 17.8. The molecule has 0 fully saturated rings. The van der Waals surface area contributed by atoms with Crippen molar-refractivity contribution in [2.45, 2.75) is 25.9 Å². The van der Waals surface area contributed by atoms with Crippen LogP contribution in [0.5, 0.6) is 0 Å². The Morgan fingerprint density at radius 3 is 2.52 bits per heavy atom. The van der Waals surface area contributed by atoms with Crippen LogP contribution in [0.2, 0.25) is 0 Å². The molecule has 3 rings (SSSR count). The maximum absolute atomic E-state index is 12.6. The van der Waals surface area contributed by atoms with E-state index in [9.17, 15) is 4.79 Å². The summed E-state index contributed by atoms with van der Waals surface area (Å²) < 4.78 is 1.16. The second-order valence-corrected chi connectivity index (χ2v) is 7.40. The molecule has 0 bridgehead atoms. The van der Waals surface area contributed by atoms with Gasteiger partial charge in [0.25, 0.3) is 5.91 Å². The van der Waals surface area contributed by atoms with Gasteiger partial charge in [0.05, 0.1) is 16.3 Å².